The van der Waals surface area contributed by atoms with E-state index < -0.39 is 26.5 Å². The van der Waals surface area contributed by atoms with Crippen molar-refractivity contribution >= 4 is 19.8 Å². The molecule has 0 bridgehead atoms. The Bertz CT molecular complexity index is 1110. The number of phosphoric acid groups is 1. The van der Waals surface area contributed by atoms with E-state index in [9.17, 15) is 19.0 Å². The van der Waals surface area contributed by atoms with E-state index in [0.717, 1.165) is 32.1 Å². The van der Waals surface area contributed by atoms with Gasteiger partial charge in [0.25, 0.3) is 0 Å². The summed E-state index contributed by atoms with van der Waals surface area (Å²) >= 11 is 0. The SMILES string of the molecule is CCCCCCCC/C=C/CCCCCCCCCCCCCC(=O)O[C@H](COC(=O)CCCCCCCCC/C=C/CCCCCCCC)COP(=O)(O)OCC[N+](C)(C)C. The molecule has 0 rings (SSSR count). The third-order valence-electron chi connectivity index (χ3n) is 11.5. The molecule has 0 aliphatic carbocycles. The molecule has 0 spiro atoms. The van der Waals surface area contributed by atoms with Gasteiger partial charge in [-0.15, -0.1) is 0 Å². The summed E-state index contributed by atoms with van der Waals surface area (Å²) in [5.74, 6) is -0.794. The van der Waals surface area contributed by atoms with E-state index in [2.05, 4.69) is 38.2 Å². The molecule has 0 saturated heterocycles. The van der Waals surface area contributed by atoms with Crippen molar-refractivity contribution in [3.63, 3.8) is 0 Å². The molecule has 0 saturated carbocycles. The van der Waals surface area contributed by atoms with Crippen molar-refractivity contribution in [1.29, 1.82) is 0 Å². The minimum atomic E-state index is -4.38. The molecule has 0 aromatic rings. The second-order valence-corrected chi connectivity index (χ2v) is 20.4. The van der Waals surface area contributed by atoms with E-state index in [-0.39, 0.29) is 32.0 Å². The zero-order chi connectivity index (χ0) is 45.7. The fourth-order valence-corrected chi connectivity index (χ4v) is 8.10. The summed E-state index contributed by atoms with van der Waals surface area (Å²) in [7, 11) is 1.48. The molecule has 0 fully saturated rings. The molecule has 0 aliphatic rings. The van der Waals surface area contributed by atoms with Gasteiger partial charge in [-0.2, -0.15) is 0 Å². The van der Waals surface area contributed by atoms with Crippen molar-refractivity contribution in [1.82, 2.24) is 0 Å². The lowest BCUT2D eigenvalue weighted by atomic mass is 10.0. The summed E-state index contributed by atoms with van der Waals surface area (Å²) in [6, 6.07) is 0. The van der Waals surface area contributed by atoms with Gasteiger partial charge in [0.2, 0.25) is 0 Å². The Labute approximate surface area is 383 Å². The van der Waals surface area contributed by atoms with Crippen LogP contribution < -0.4 is 0 Å². The van der Waals surface area contributed by atoms with Crippen molar-refractivity contribution in [2.45, 2.75) is 251 Å². The molecule has 0 heterocycles. The first-order valence-corrected chi connectivity index (χ1v) is 27.6. The molecule has 0 aromatic heterocycles. The van der Waals surface area contributed by atoms with Crippen LogP contribution in [0.25, 0.3) is 0 Å². The third kappa shape index (κ3) is 48.0. The van der Waals surface area contributed by atoms with Gasteiger partial charge in [-0.3, -0.25) is 18.6 Å². The van der Waals surface area contributed by atoms with Crippen molar-refractivity contribution < 1.29 is 42.1 Å². The zero-order valence-electron chi connectivity index (χ0n) is 41.4. The maximum Gasteiger partial charge on any atom is 0.472 e. The smallest absolute Gasteiger partial charge is 0.462 e. The number of rotatable bonds is 48. The number of carbonyl (C=O) groups excluding carboxylic acids is 2. The first-order chi connectivity index (χ1) is 30.0. The van der Waals surface area contributed by atoms with E-state index >= 15 is 0 Å². The number of hydrogen-bond donors (Lipinski definition) is 1. The number of unbranched alkanes of at least 4 members (excludes halogenated alkanes) is 30. The second-order valence-electron chi connectivity index (χ2n) is 18.9. The largest absolute Gasteiger partial charge is 0.472 e. The Hall–Kier alpha value is -1.51. The van der Waals surface area contributed by atoms with E-state index in [1.54, 1.807) is 0 Å². The van der Waals surface area contributed by atoms with E-state index in [1.165, 1.54) is 180 Å². The monoisotopic (exact) mass is 899 g/mol. The van der Waals surface area contributed by atoms with Crippen LogP contribution in [0.2, 0.25) is 0 Å². The maximum absolute atomic E-state index is 12.8. The number of esters is 2. The molecule has 0 amide bonds. The molecule has 0 aliphatic heterocycles. The van der Waals surface area contributed by atoms with Crippen molar-refractivity contribution in [3.05, 3.63) is 24.3 Å². The Balaban J connectivity index is 4.23. The number of allylic oxidation sites excluding steroid dienone is 4. The molecule has 2 atom stereocenters. The van der Waals surface area contributed by atoms with Gasteiger partial charge in [0.1, 0.15) is 19.8 Å². The van der Waals surface area contributed by atoms with Crippen molar-refractivity contribution in [2.24, 2.45) is 0 Å². The number of quaternary nitrogens is 1. The highest BCUT2D eigenvalue weighted by Crippen LogP contribution is 2.43. The molecular formula is C52H101NO8P+. The Kier molecular flexibility index (Phi) is 43.6. The number of nitrogens with zero attached hydrogens (tertiary/aromatic N) is 1. The molecule has 0 radical (unpaired) electrons. The first-order valence-electron chi connectivity index (χ1n) is 26.1. The average Bonchev–Trinajstić information content (AvgIpc) is 3.23. The van der Waals surface area contributed by atoms with Gasteiger partial charge in [-0.05, 0) is 64.2 Å². The zero-order valence-corrected chi connectivity index (χ0v) is 42.3. The van der Waals surface area contributed by atoms with Gasteiger partial charge in [0.15, 0.2) is 6.10 Å². The van der Waals surface area contributed by atoms with Crippen LogP contribution in [0.1, 0.15) is 245 Å². The van der Waals surface area contributed by atoms with Crippen LogP contribution in [0.4, 0.5) is 0 Å². The lowest BCUT2D eigenvalue weighted by Crippen LogP contribution is -2.37. The topological polar surface area (TPSA) is 108 Å². The molecule has 62 heavy (non-hydrogen) atoms. The van der Waals surface area contributed by atoms with Crippen molar-refractivity contribution in [3.8, 4) is 0 Å². The van der Waals surface area contributed by atoms with Crippen molar-refractivity contribution in [2.75, 3.05) is 47.5 Å². The highest BCUT2D eigenvalue weighted by molar-refractivity contribution is 7.47. The van der Waals surface area contributed by atoms with Crippen LogP contribution in [0.15, 0.2) is 24.3 Å². The summed E-state index contributed by atoms with van der Waals surface area (Å²) in [6.07, 6.45) is 50.8. The fraction of sp³-hybridized carbons (Fsp3) is 0.885. The highest BCUT2D eigenvalue weighted by Gasteiger charge is 2.27. The number of ether oxygens (including phenoxy) is 2. The lowest BCUT2D eigenvalue weighted by molar-refractivity contribution is -0.870. The van der Waals surface area contributed by atoms with Gasteiger partial charge in [-0.1, -0.05) is 192 Å². The van der Waals surface area contributed by atoms with Gasteiger partial charge >= 0.3 is 19.8 Å². The quantitative estimate of drug-likeness (QED) is 0.0211. The Morgan fingerprint density at radius 3 is 1.19 bits per heavy atom. The average molecular weight is 899 g/mol. The molecule has 1 N–H and O–H groups in total. The fourth-order valence-electron chi connectivity index (χ4n) is 7.36. The van der Waals surface area contributed by atoms with Gasteiger partial charge in [0, 0.05) is 12.8 Å². The summed E-state index contributed by atoms with van der Waals surface area (Å²) < 4.78 is 34.5. The lowest BCUT2D eigenvalue weighted by Gasteiger charge is -2.24. The van der Waals surface area contributed by atoms with E-state index in [0.29, 0.717) is 17.4 Å². The van der Waals surface area contributed by atoms with Crippen LogP contribution in [-0.4, -0.2) is 74.9 Å². The summed E-state index contributed by atoms with van der Waals surface area (Å²) in [5.41, 5.74) is 0. The minimum Gasteiger partial charge on any atom is -0.462 e. The predicted molar refractivity (Wildman–Crippen MR) is 261 cm³/mol. The number of hydrogen-bond acceptors (Lipinski definition) is 7. The third-order valence-corrected chi connectivity index (χ3v) is 12.4. The van der Waals surface area contributed by atoms with Gasteiger partial charge in [-0.25, -0.2) is 4.57 Å². The van der Waals surface area contributed by atoms with Crippen LogP contribution in [-0.2, 0) is 32.7 Å². The van der Waals surface area contributed by atoms with Crippen LogP contribution >= 0.6 is 7.82 Å². The first kappa shape index (κ1) is 60.5. The van der Waals surface area contributed by atoms with E-state index in [1.807, 2.05) is 21.1 Å². The number of phosphoric ester groups is 1. The summed E-state index contributed by atoms with van der Waals surface area (Å²) in [6.45, 7) is 4.45. The number of carbonyl (C=O) groups is 2. The highest BCUT2D eigenvalue weighted by atomic mass is 31.2. The predicted octanol–water partition coefficient (Wildman–Crippen LogP) is 15.5. The molecule has 9 nitrogen and oxygen atoms in total. The van der Waals surface area contributed by atoms with Crippen LogP contribution in [0.5, 0.6) is 0 Å². The standard InChI is InChI=1S/C52H100NO8P/c1-6-8-10-12-14-16-18-20-22-24-25-26-27-29-31-33-35-37-39-41-43-45-52(55)61-50(49-60-62(56,57)59-47-46-53(3,4)5)48-58-51(54)44-42-40-38-36-34-32-30-28-23-21-19-17-15-13-11-9-7-2/h20-23,50H,6-19,24-49H2,1-5H3/p+1/b22-20+,23-21+/t50-/m1/s1. The number of likely N-dealkylation sites (N-methyl/N-ethyl adjacent to an activating group) is 1. The minimum absolute atomic E-state index is 0.0326. The summed E-state index contributed by atoms with van der Waals surface area (Å²) in [4.78, 5) is 35.5. The van der Waals surface area contributed by atoms with Gasteiger partial charge in [0.05, 0.1) is 27.7 Å². The molecule has 366 valence electrons. The summed E-state index contributed by atoms with van der Waals surface area (Å²) in [5, 5.41) is 0. The normalized spacial score (nSPS) is 13.6. The van der Waals surface area contributed by atoms with Crippen LogP contribution in [0, 0.1) is 0 Å². The Morgan fingerprint density at radius 1 is 0.484 bits per heavy atom. The second kappa shape index (κ2) is 44.7. The Morgan fingerprint density at radius 2 is 0.823 bits per heavy atom. The van der Waals surface area contributed by atoms with Crippen LogP contribution in [0.3, 0.4) is 0 Å². The van der Waals surface area contributed by atoms with Gasteiger partial charge < -0.3 is 18.9 Å². The molecule has 1 unspecified atom stereocenters. The molecule has 10 heteroatoms. The maximum atomic E-state index is 12.8. The van der Waals surface area contributed by atoms with E-state index in [4.69, 9.17) is 18.5 Å². The molecular weight excluding hydrogens is 798 g/mol. The molecule has 0 aromatic carbocycles.